The molecular formula is C16H18N2O2. The molecule has 0 aliphatic rings. The largest absolute Gasteiger partial charge is 0.492 e. The Morgan fingerprint density at radius 2 is 1.95 bits per heavy atom. The highest BCUT2D eigenvalue weighted by Crippen LogP contribution is 2.12. The maximum Gasteiger partial charge on any atom is 0.251 e. The molecule has 0 bridgehead atoms. The standard InChI is InChI=1S/C16H18N2O2/c1-12-11-13(17)7-8-15(12)16(19)18-9-10-20-14-5-3-2-4-6-14/h2-8,11H,9-10,17H2,1H3,(H,18,19). The lowest BCUT2D eigenvalue weighted by molar-refractivity contribution is 0.0946. The van der Waals surface area contributed by atoms with E-state index in [9.17, 15) is 4.79 Å². The van der Waals surface area contributed by atoms with Gasteiger partial charge >= 0.3 is 0 Å². The predicted molar refractivity (Wildman–Crippen MR) is 79.9 cm³/mol. The Hall–Kier alpha value is -2.49. The lowest BCUT2D eigenvalue weighted by Gasteiger charge is -2.09. The van der Waals surface area contributed by atoms with Crippen molar-refractivity contribution in [1.29, 1.82) is 0 Å². The number of rotatable bonds is 5. The molecule has 0 fully saturated rings. The molecule has 1 amide bonds. The van der Waals surface area contributed by atoms with Crippen LogP contribution in [0.2, 0.25) is 0 Å². The number of hydrogen-bond acceptors (Lipinski definition) is 3. The molecule has 0 spiro atoms. The van der Waals surface area contributed by atoms with E-state index in [0.29, 0.717) is 24.4 Å². The summed E-state index contributed by atoms with van der Waals surface area (Å²) < 4.78 is 5.51. The fraction of sp³-hybridized carbons (Fsp3) is 0.188. The first kappa shape index (κ1) is 13.9. The molecule has 20 heavy (non-hydrogen) atoms. The highest BCUT2D eigenvalue weighted by atomic mass is 16.5. The maximum atomic E-state index is 12.0. The van der Waals surface area contributed by atoms with E-state index in [-0.39, 0.29) is 5.91 Å². The highest BCUT2D eigenvalue weighted by Gasteiger charge is 2.08. The van der Waals surface area contributed by atoms with Crippen molar-refractivity contribution in [2.45, 2.75) is 6.92 Å². The van der Waals surface area contributed by atoms with Crippen molar-refractivity contribution in [3.63, 3.8) is 0 Å². The molecule has 104 valence electrons. The SMILES string of the molecule is Cc1cc(N)ccc1C(=O)NCCOc1ccccc1. The summed E-state index contributed by atoms with van der Waals surface area (Å²) in [6.45, 7) is 2.76. The Bertz CT molecular complexity index is 582. The van der Waals surface area contributed by atoms with E-state index >= 15 is 0 Å². The van der Waals surface area contributed by atoms with Gasteiger partial charge < -0.3 is 15.8 Å². The summed E-state index contributed by atoms with van der Waals surface area (Å²) >= 11 is 0. The van der Waals surface area contributed by atoms with Crippen LogP contribution < -0.4 is 15.8 Å². The zero-order chi connectivity index (χ0) is 14.4. The van der Waals surface area contributed by atoms with Crippen molar-refractivity contribution in [3.8, 4) is 5.75 Å². The van der Waals surface area contributed by atoms with Gasteiger partial charge in [-0.25, -0.2) is 0 Å². The van der Waals surface area contributed by atoms with Crippen LogP contribution in [-0.2, 0) is 0 Å². The number of anilines is 1. The Kier molecular flexibility index (Phi) is 4.60. The Balaban J connectivity index is 1.80. The van der Waals surface area contributed by atoms with Gasteiger partial charge in [0.1, 0.15) is 12.4 Å². The van der Waals surface area contributed by atoms with Gasteiger partial charge in [-0.2, -0.15) is 0 Å². The molecule has 0 saturated carbocycles. The molecule has 3 N–H and O–H groups in total. The Morgan fingerprint density at radius 1 is 1.20 bits per heavy atom. The smallest absolute Gasteiger partial charge is 0.251 e. The molecule has 0 atom stereocenters. The summed E-state index contributed by atoms with van der Waals surface area (Å²) in [6, 6.07) is 14.8. The number of benzene rings is 2. The van der Waals surface area contributed by atoms with Gasteiger partial charge in [0.2, 0.25) is 0 Å². The Labute approximate surface area is 118 Å². The van der Waals surface area contributed by atoms with Crippen LogP contribution in [0, 0.1) is 6.92 Å². The second-order valence-corrected chi connectivity index (χ2v) is 4.49. The second kappa shape index (κ2) is 6.61. The summed E-state index contributed by atoms with van der Waals surface area (Å²) in [5.74, 6) is 0.685. The quantitative estimate of drug-likeness (QED) is 0.647. The first-order chi connectivity index (χ1) is 9.66. The summed E-state index contributed by atoms with van der Waals surface area (Å²) in [5.41, 5.74) is 7.83. The molecule has 2 rings (SSSR count). The molecule has 0 saturated heterocycles. The van der Waals surface area contributed by atoms with E-state index in [1.807, 2.05) is 37.3 Å². The number of hydrogen-bond donors (Lipinski definition) is 2. The second-order valence-electron chi connectivity index (χ2n) is 4.49. The minimum Gasteiger partial charge on any atom is -0.492 e. The number of nitrogens with two attached hydrogens (primary N) is 1. The molecule has 2 aromatic carbocycles. The zero-order valence-corrected chi connectivity index (χ0v) is 11.4. The van der Waals surface area contributed by atoms with Crippen molar-refractivity contribution < 1.29 is 9.53 Å². The van der Waals surface area contributed by atoms with Gasteiger partial charge in [0, 0.05) is 11.3 Å². The number of aryl methyl sites for hydroxylation is 1. The summed E-state index contributed by atoms with van der Waals surface area (Å²) in [5, 5.41) is 2.82. The number of carbonyl (C=O) groups is 1. The number of para-hydroxylation sites is 1. The van der Waals surface area contributed by atoms with Crippen LogP contribution in [0.5, 0.6) is 5.75 Å². The molecule has 0 unspecified atom stereocenters. The molecule has 0 aliphatic heterocycles. The van der Waals surface area contributed by atoms with Crippen LogP contribution in [0.3, 0.4) is 0 Å². The normalized spacial score (nSPS) is 10.1. The summed E-state index contributed by atoms with van der Waals surface area (Å²) in [6.07, 6.45) is 0. The zero-order valence-electron chi connectivity index (χ0n) is 11.4. The first-order valence-electron chi connectivity index (χ1n) is 6.49. The summed E-state index contributed by atoms with van der Waals surface area (Å²) in [4.78, 5) is 12.0. The fourth-order valence-electron chi connectivity index (χ4n) is 1.89. The molecule has 4 nitrogen and oxygen atoms in total. The van der Waals surface area contributed by atoms with E-state index in [1.165, 1.54) is 0 Å². The van der Waals surface area contributed by atoms with E-state index < -0.39 is 0 Å². The van der Waals surface area contributed by atoms with Gasteiger partial charge in [-0.05, 0) is 42.8 Å². The van der Waals surface area contributed by atoms with Crippen LogP contribution >= 0.6 is 0 Å². The monoisotopic (exact) mass is 270 g/mol. The third kappa shape index (κ3) is 3.75. The molecule has 0 heterocycles. The van der Waals surface area contributed by atoms with Gasteiger partial charge in [-0.15, -0.1) is 0 Å². The molecule has 0 aliphatic carbocycles. The van der Waals surface area contributed by atoms with Crippen molar-refractivity contribution >= 4 is 11.6 Å². The molecule has 4 heteroatoms. The summed E-state index contributed by atoms with van der Waals surface area (Å²) in [7, 11) is 0. The molecule has 0 radical (unpaired) electrons. The van der Waals surface area contributed by atoms with Crippen LogP contribution in [0.25, 0.3) is 0 Å². The van der Waals surface area contributed by atoms with Crippen molar-refractivity contribution in [2.75, 3.05) is 18.9 Å². The molecular weight excluding hydrogens is 252 g/mol. The van der Waals surface area contributed by atoms with Crippen LogP contribution in [0.1, 0.15) is 15.9 Å². The fourth-order valence-corrected chi connectivity index (χ4v) is 1.89. The van der Waals surface area contributed by atoms with Crippen LogP contribution in [0.15, 0.2) is 48.5 Å². The highest BCUT2D eigenvalue weighted by molar-refractivity contribution is 5.95. The van der Waals surface area contributed by atoms with E-state index in [0.717, 1.165) is 11.3 Å². The number of nitrogens with one attached hydrogen (secondary N) is 1. The number of amides is 1. The third-order valence-corrected chi connectivity index (χ3v) is 2.89. The minimum atomic E-state index is -0.112. The third-order valence-electron chi connectivity index (χ3n) is 2.89. The van der Waals surface area contributed by atoms with Gasteiger partial charge in [0.05, 0.1) is 6.54 Å². The topological polar surface area (TPSA) is 64.4 Å². The van der Waals surface area contributed by atoms with Gasteiger partial charge in [-0.1, -0.05) is 18.2 Å². The Morgan fingerprint density at radius 3 is 2.65 bits per heavy atom. The van der Waals surface area contributed by atoms with E-state index in [4.69, 9.17) is 10.5 Å². The minimum absolute atomic E-state index is 0.112. The number of carbonyl (C=O) groups excluding carboxylic acids is 1. The van der Waals surface area contributed by atoms with Gasteiger partial charge in [0.15, 0.2) is 0 Å². The molecule has 0 aromatic heterocycles. The van der Waals surface area contributed by atoms with Crippen molar-refractivity contribution in [2.24, 2.45) is 0 Å². The average molecular weight is 270 g/mol. The number of ether oxygens (including phenoxy) is 1. The van der Waals surface area contributed by atoms with Gasteiger partial charge in [-0.3, -0.25) is 4.79 Å². The van der Waals surface area contributed by atoms with Crippen molar-refractivity contribution in [1.82, 2.24) is 5.32 Å². The first-order valence-corrected chi connectivity index (χ1v) is 6.49. The van der Waals surface area contributed by atoms with E-state index in [1.54, 1.807) is 18.2 Å². The van der Waals surface area contributed by atoms with E-state index in [2.05, 4.69) is 5.32 Å². The van der Waals surface area contributed by atoms with Crippen LogP contribution in [0.4, 0.5) is 5.69 Å². The van der Waals surface area contributed by atoms with Crippen molar-refractivity contribution in [3.05, 3.63) is 59.7 Å². The number of nitrogen functional groups attached to an aromatic ring is 1. The lowest BCUT2D eigenvalue weighted by atomic mass is 10.1. The van der Waals surface area contributed by atoms with Crippen LogP contribution in [-0.4, -0.2) is 19.1 Å². The predicted octanol–water partition coefficient (Wildman–Crippen LogP) is 2.39. The molecule has 2 aromatic rings. The lowest BCUT2D eigenvalue weighted by Crippen LogP contribution is -2.28. The average Bonchev–Trinajstić information content (AvgIpc) is 2.44. The maximum absolute atomic E-state index is 12.0. The van der Waals surface area contributed by atoms with Gasteiger partial charge in [0.25, 0.3) is 5.91 Å².